The van der Waals surface area contributed by atoms with Crippen LogP contribution in [0.25, 0.3) is 0 Å². The van der Waals surface area contributed by atoms with Crippen molar-refractivity contribution in [3.63, 3.8) is 0 Å². The molecule has 4 heteroatoms. The zero-order valence-corrected chi connectivity index (χ0v) is 9.58. The molecule has 0 aliphatic heterocycles. The molecule has 1 aromatic carbocycles. The molecule has 0 bridgehead atoms. The number of halogens is 1. The lowest BCUT2D eigenvalue weighted by Crippen LogP contribution is -2.30. The van der Waals surface area contributed by atoms with Gasteiger partial charge >= 0.3 is 5.97 Å². The van der Waals surface area contributed by atoms with Gasteiger partial charge < -0.3 is 9.84 Å². The maximum Gasteiger partial charge on any atom is 0.312 e. The van der Waals surface area contributed by atoms with E-state index in [9.17, 15) is 9.18 Å². The number of hydrogen-bond donors (Lipinski definition) is 1. The van der Waals surface area contributed by atoms with E-state index in [1.165, 1.54) is 12.1 Å². The highest BCUT2D eigenvalue weighted by Gasteiger charge is 2.28. The van der Waals surface area contributed by atoms with Gasteiger partial charge in [0.05, 0.1) is 5.41 Å². The number of carboxylic acid groups (broad SMARTS) is 1. The highest BCUT2D eigenvalue weighted by molar-refractivity contribution is 5.73. The number of ether oxygens (including phenoxy) is 1. The Bertz CT molecular complexity index is 399. The molecule has 0 spiro atoms. The molecule has 16 heavy (non-hydrogen) atoms. The second kappa shape index (κ2) is 4.51. The molecule has 0 aliphatic carbocycles. The summed E-state index contributed by atoms with van der Waals surface area (Å²) < 4.78 is 18.3. The van der Waals surface area contributed by atoms with E-state index in [4.69, 9.17) is 9.84 Å². The summed E-state index contributed by atoms with van der Waals surface area (Å²) in [5.41, 5.74) is -0.479. The Morgan fingerprint density at radius 2 is 2.12 bits per heavy atom. The summed E-state index contributed by atoms with van der Waals surface area (Å²) in [6, 6.07) is 4.34. The van der Waals surface area contributed by atoms with Crippen LogP contribution >= 0.6 is 0 Å². The van der Waals surface area contributed by atoms with E-state index in [1.54, 1.807) is 26.8 Å². The number of rotatable bonds is 4. The molecule has 0 saturated carbocycles. The molecule has 0 amide bonds. The van der Waals surface area contributed by atoms with Crippen molar-refractivity contribution >= 4 is 5.97 Å². The molecular weight excluding hydrogens is 211 g/mol. The fourth-order valence-electron chi connectivity index (χ4n) is 1.03. The summed E-state index contributed by atoms with van der Waals surface area (Å²) in [4.78, 5) is 10.8. The average molecular weight is 226 g/mol. The largest absolute Gasteiger partial charge is 0.492 e. The lowest BCUT2D eigenvalue weighted by molar-refractivity contribution is -0.148. The third kappa shape index (κ3) is 2.95. The topological polar surface area (TPSA) is 46.5 Å². The Labute approximate surface area is 93.9 Å². The fourth-order valence-corrected chi connectivity index (χ4v) is 1.03. The maximum absolute atomic E-state index is 13.0. The number of aliphatic carboxylic acids is 1. The number of carboxylic acids is 1. The maximum atomic E-state index is 13.0. The first-order valence-electron chi connectivity index (χ1n) is 4.95. The van der Waals surface area contributed by atoms with Crippen LogP contribution in [0.5, 0.6) is 5.75 Å². The first-order chi connectivity index (χ1) is 7.33. The van der Waals surface area contributed by atoms with Gasteiger partial charge in [0.25, 0.3) is 0 Å². The van der Waals surface area contributed by atoms with E-state index in [2.05, 4.69) is 0 Å². The van der Waals surface area contributed by atoms with Gasteiger partial charge in [0.1, 0.15) is 18.2 Å². The van der Waals surface area contributed by atoms with Crippen molar-refractivity contribution in [3.8, 4) is 5.75 Å². The minimum atomic E-state index is -0.956. The van der Waals surface area contributed by atoms with Crippen molar-refractivity contribution in [2.24, 2.45) is 5.41 Å². The lowest BCUT2D eigenvalue weighted by atomic mass is 9.95. The van der Waals surface area contributed by atoms with Gasteiger partial charge in [-0.1, -0.05) is 0 Å². The third-order valence-corrected chi connectivity index (χ3v) is 2.31. The molecule has 0 atom stereocenters. The quantitative estimate of drug-likeness (QED) is 0.858. The van der Waals surface area contributed by atoms with Crippen molar-refractivity contribution < 1.29 is 19.0 Å². The standard InChI is InChI=1S/C12H15FO3/c1-8-6-9(4-5-10(8)13)16-7-12(2,3)11(14)15/h4-6H,7H2,1-3H3,(H,14,15). The summed E-state index contributed by atoms with van der Waals surface area (Å²) in [7, 11) is 0. The van der Waals surface area contributed by atoms with Gasteiger partial charge in [-0.25, -0.2) is 4.39 Å². The van der Waals surface area contributed by atoms with Crippen LogP contribution in [0.4, 0.5) is 4.39 Å². The van der Waals surface area contributed by atoms with Crippen LogP contribution in [0, 0.1) is 18.2 Å². The van der Waals surface area contributed by atoms with E-state index in [1.807, 2.05) is 0 Å². The molecule has 0 heterocycles. The van der Waals surface area contributed by atoms with E-state index < -0.39 is 11.4 Å². The Kier molecular flexibility index (Phi) is 3.52. The summed E-state index contributed by atoms with van der Waals surface area (Å²) in [5.74, 6) is -0.746. The molecule has 0 aliphatic rings. The van der Waals surface area contributed by atoms with Crippen molar-refractivity contribution in [1.29, 1.82) is 0 Å². The summed E-state index contributed by atoms with van der Waals surface area (Å²) in [6.45, 7) is 4.83. The minimum absolute atomic E-state index is 0.0490. The molecule has 0 saturated heterocycles. The van der Waals surface area contributed by atoms with Crippen molar-refractivity contribution in [2.75, 3.05) is 6.61 Å². The van der Waals surface area contributed by atoms with Gasteiger partial charge in [-0.3, -0.25) is 4.79 Å². The first-order valence-corrected chi connectivity index (χ1v) is 4.95. The van der Waals surface area contributed by atoms with Crippen molar-refractivity contribution in [3.05, 3.63) is 29.6 Å². The third-order valence-electron chi connectivity index (χ3n) is 2.31. The van der Waals surface area contributed by atoms with Crippen LogP contribution in [0.3, 0.4) is 0 Å². The zero-order valence-electron chi connectivity index (χ0n) is 9.58. The molecule has 0 aromatic heterocycles. The zero-order chi connectivity index (χ0) is 12.3. The summed E-state index contributed by atoms with van der Waals surface area (Å²) >= 11 is 0. The van der Waals surface area contributed by atoms with Crippen LogP contribution in [0.1, 0.15) is 19.4 Å². The van der Waals surface area contributed by atoms with E-state index in [0.717, 1.165) is 0 Å². The number of aryl methyl sites for hydroxylation is 1. The second-order valence-electron chi connectivity index (χ2n) is 4.39. The Morgan fingerprint density at radius 3 is 2.62 bits per heavy atom. The second-order valence-corrected chi connectivity index (χ2v) is 4.39. The molecule has 0 fully saturated rings. The molecule has 1 rings (SSSR count). The minimum Gasteiger partial charge on any atom is -0.492 e. The average Bonchev–Trinajstić information content (AvgIpc) is 2.20. The van der Waals surface area contributed by atoms with Gasteiger partial charge in [0, 0.05) is 0 Å². The monoisotopic (exact) mass is 226 g/mol. The van der Waals surface area contributed by atoms with Gasteiger partial charge in [-0.2, -0.15) is 0 Å². The number of carbonyl (C=O) groups is 1. The van der Waals surface area contributed by atoms with Crippen LogP contribution in [0.15, 0.2) is 18.2 Å². The van der Waals surface area contributed by atoms with Gasteiger partial charge in [0.15, 0.2) is 0 Å². The first kappa shape index (κ1) is 12.5. The van der Waals surface area contributed by atoms with Crippen LogP contribution in [0.2, 0.25) is 0 Å². The molecule has 3 nitrogen and oxygen atoms in total. The van der Waals surface area contributed by atoms with E-state index >= 15 is 0 Å². The van der Waals surface area contributed by atoms with Crippen molar-refractivity contribution in [2.45, 2.75) is 20.8 Å². The lowest BCUT2D eigenvalue weighted by Gasteiger charge is -2.19. The fraction of sp³-hybridized carbons (Fsp3) is 0.417. The van der Waals surface area contributed by atoms with Gasteiger partial charge in [-0.15, -0.1) is 0 Å². The summed E-state index contributed by atoms with van der Waals surface area (Å²) in [6.07, 6.45) is 0. The highest BCUT2D eigenvalue weighted by Crippen LogP contribution is 2.20. The van der Waals surface area contributed by atoms with Crippen LogP contribution < -0.4 is 4.74 Å². The van der Waals surface area contributed by atoms with Gasteiger partial charge in [-0.05, 0) is 44.5 Å². The molecule has 1 aromatic rings. The molecule has 0 unspecified atom stereocenters. The Balaban J connectivity index is 2.68. The SMILES string of the molecule is Cc1cc(OCC(C)(C)C(=O)O)ccc1F. The normalized spacial score (nSPS) is 11.2. The van der Waals surface area contributed by atoms with Crippen LogP contribution in [-0.4, -0.2) is 17.7 Å². The summed E-state index contributed by atoms with van der Waals surface area (Å²) in [5, 5.41) is 8.88. The number of hydrogen-bond acceptors (Lipinski definition) is 2. The van der Waals surface area contributed by atoms with Gasteiger partial charge in [0.2, 0.25) is 0 Å². The predicted molar refractivity (Wildman–Crippen MR) is 58.0 cm³/mol. The predicted octanol–water partition coefficient (Wildman–Crippen LogP) is 2.62. The highest BCUT2D eigenvalue weighted by atomic mass is 19.1. The van der Waals surface area contributed by atoms with E-state index in [0.29, 0.717) is 11.3 Å². The molecule has 1 N–H and O–H groups in total. The Hall–Kier alpha value is -1.58. The Morgan fingerprint density at radius 1 is 1.50 bits per heavy atom. The van der Waals surface area contributed by atoms with Crippen LogP contribution in [-0.2, 0) is 4.79 Å². The molecular formula is C12H15FO3. The van der Waals surface area contributed by atoms with E-state index in [-0.39, 0.29) is 12.4 Å². The smallest absolute Gasteiger partial charge is 0.312 e. The number of benzene rings is 1. The molecule has 0 radical (unpaired) electrons. The van der Waals surface area contributed by atoms with Crippen molar-refractivity contribution in [1.82, 2.24) is 0 Å². The molecule has 88 valence electrons.